The van der Waals surface area contributed by atoms with Crippen LogP contribution in [0.4, 0.5) is 0 Å². The minimum absolute atomic E-state index is 0.00747. The summed E-state index contributed by atoms with van der Waals surface area (Å²) >= 11 is 5.87. The zero-order valence-corrected chi connectivity index (χ0v) is 13.0. The van der Waals surface area contributed by atoms with Crippen molar-refractivity contribution < 1.29 is 14.9 Å². The minimum atomic E-state index is -0.582. The maximum Gasteiger partial charge on any atom is 0.120 e. The van der Waals surface area contributed by atoms with Crippen LogP contribution in [0.2, 0.25) is 5.02 Å². The van der Waals surface area contributed by atoms with Crippen molar-refractivity contribution in [1.29, 1.82) is 0 Å². The van der Waals surface area contributed by atoms with Gasteiger partial charge < -0.3 is 20.3 Å². The molecule has 2 rings (SSSR count). The molecule has 1 aromatic carbocycles. The van der Waals surface area contributed by atoms with Crippen LogP contribution in [0.15, 0.2) is 24.3 Å². The predicted octanol–water partition coefficient (Wildman–Crippen LogP) is 2.22. The molecule has 1 fully saturated rings. The molecule has 0 saturated heterocycles. The van der Waals surface area contributed by atoms with Crippen molar-refractivity contribution in [3.8, 4) is 5.75 Å². The maximum absolute atomic E-state index is 9.93. The monoisotopic (exact) mass is 313 g/mol. The summed E-state index contributed by atoms with van der Waals surface area (Å²) < 4.78 is 5.50. The third-order valence-electron chi connectivity index (χ3n) is 4.12. The van der Waals surface area contributed by atoms with Crippen molar-refractivity contribution in [2.45, 2.75) is 31.8 Å². The lowest BCUT2D eigenvalue weighted by atomic mass is 9.87. The third-order valence-corrected chi connectivity index (χ3v) is 4.35. The molecule has 118 valence electrons. The molecule has 0 bridgehead atoms. The van der Waals surface area contributed by atoms with Crippen LogP contribution in [0.3, 0.4) is 0 Å². The Hall–Kier alpha value is -0.810. The van der Waals surface area contributed by atoms with E-state index in [9.17, 15) is 10.2 Å². The van der Waals surface area contributed by atoms with Crippen molar-refractivity contribution in [2.24, 2.45) is 5.41 Å². The zero-order valence-electron chi connectivity index (χ0n) is 12.2. The molecule has 1 aliphatic rings. The molecule has 0 heterocycles. The molecular weight excluding hydrogens is 290 g/mol. The van der Waals surface area contributed by atoms with Gasteiger partial charge in [-0.25, -0.2) is 0 Å². The fraction of sp³-hybridized carbons (Fsp3) is 0.625. The number of rotatable bonds is 8. The van der Waals surface area contributed by atoms with Gasteiger partial charge in [-0.1, -0.05) is 30.5 Å². The largest absolute Gasteiger partial charge is 0.491 e. The highest BCUT2D eigenvalue weighted by Gasteiger charge is 2.32. The molecule has 1 unspecified atom stereocenters. The van der Waals surface area contributed by atoms with Crippen molar-refractivity contribution in [3.05, 3.63) is 29.3 Å². The molecule has 0 amide bonds. The van der Waals surface area contributed by atoms with Crippen molar-refractivity contribution in [1.82, 2.24) is 5.32 Å². The number of nitrogens with one attached hydrogen (secondary N) is 1. The summed E-state index contributed by atoms with van der Waals surface area (Å²) in [6, 6.07) is 7.13. The molecule has 4 nitrogen and oxygen atoms in total. The Balaban J connectivity index is 1.66. The van der Waals surface area contributed by atoms with Gasteiger partial charge in [-0.15, -0.1) is 0 Å². The van der Waals surface area contributed by atoms with E-state index in [1.807, 2.05) is 12.1 Å². The van der Waals surface area contributed by atoms with Crippen molar-refractivity contribution >= 4 is 11.6 Å². The lowest BCUT2D eigenvalue weighted by molar-refractivity contribution is 0.0918. The smallest absolute Gasteiger partial charge is 0.120 e. The van der Waals surface area contributed by atoms with Gasteiger partial charge in [0.15, 0.2) is 0 Å². The average Bonchev–Trinajstić information content (AvgIpc) is 2.95. The first-order chi connectivity index (χ1) is 10.1. The van der Waals surface area contributed by atoms with E-state index >= 15 is 0 Å². The number of hydrogen-bond donors (Lipinski definition) is 3. The van der Waals surface area contributed by atoms with Crippen LogP contribution < -0.4 is 10.1 Å². The van der Waals surface area contributed by atoms with Crippen LogP contribution in [-0.4, -0.2) is 42.6 Å². The van der Waals surface area contributed by atoms with Gasteiger partial charge >= 0.3 is 0 Å². The first kappa shape index (κ1) is 16.6. The van der Waals surface area contributed by atoms with Crippen molar-refractivity contribution in [2.75, 3.05) is 26.3 Å². The second-order valence-corrected chi connectivity index (χ2v) is 6.35. The topological polar surface area (TPSA) is 61.7 Å². The van der Waals surface area contributed by atoms with E-state index < -0.39 is 6.10 Å². The average molecular weight is 314 g/mol. The van der Waals surface area contributed by atoms with Gasteiger partial charge in [0, 0.05) is 30.1 Å². The van der Waals surface area contributed by atoms with Crippen LogP contribution in [0, 0.1) is 5.41 Å². The Bertz CT molecular complexity index is 435. The number of aliphatic hydroxyl groups is 2. The van der Waals surface area contributed by atoms with Gasteiger partial charge in [0.25, 0.3) is 0 Å². The van der Waals surface area contributed by atoms with E-state index in [0.29, 0.717) is 17.3 Å². The molecule has 1 atom stereocenters. The van der Waals surface area contributed by atoms with Crippen LogP contribution >= 0.6 is 11.6 Å². The van der Waals surface area contributed by atoms with Gasteiger partial charge in [-0.3, -0.25) is 0 Å². The third kappa shape index (κ3) is 5.15. The second kappa shape index (κ2) is 7.99. The van der Waals surface area contributed by atoms with Gasteiger partial charge in [-0.05, 0) is 31.0 Å². The molecule has 3 N–H and O–H groups in total. The number of aliphatic hydroxyl groups excluding tert-OH is 2. The number of benzene rings is 1. The summed E-state index contributed by atoms with van der Waals surface area (Å²) in [7, 11) is 0. The lowest BCUT2D eigenvalue weighted by Gasteiger charge is -2.27. The lowest BCUT2D eigenvalue weighted by Crippen LogP contribution is -2.40. The SMILES string of the molecule is OCC1(CNCC(O)COc2cccc(Cl)c2)CCCC1. The van der Waals surface area contributed by atoms with E-state index in [-0.39, 0.29) is 18.6 Å². The van der Waals surface area contributed by atoms with Gasteiger partial charge in [0.2, 0.25) is 0 Å². The Kier molecular flexibility index (Phi) is 6.30. The number of hydrogen-bond acceptors (Lipinski definition) is 4. The predicted molar refractivity (Wildman–Crippen MR) is 83.8 cm³/mol. The molecule has 0 aromatic heterocycles. The molecule has 5 heteroatoms. The highest BCUT2D eigenvalue weighted by Crippen LogP contribution is 2.36. The molecule has 1 aromatic rings. The standard InChI is InChI=1S/C16H24ClNO3/c17-13-4-3-5-15(8-13)21-10-14(20)9-18-11-16(12-19)6-1-2-7-16/h3-5,8,14,18-20H,1-2,6-7,9-12H2. The van der Waals surface area contributed by atoms with E-state index in [4.69, 9.17) is 16.3 Å². The Labute approximate surface area is 131 Å². The van der Waals surface area contributed by atoms with E-state index in [1.54, 1.807) is 12.1 Å². The Morgan fingerprint density at radius 1 is 1.33 bits per heavy atom. The molecule has 0 radical (unpaired) electrons. The van der Waals surface area contributed by atoms with Gasteiger partial charge in [0.1, 0.15) is 18.5 Å². The number of halogens is 1. The molecule has 0 aliphatic heterocycles. The molecule has 21 heavy (non-hydrogen) atoms. The second-order valence-electron chi connectivity index (χ2n) is 5.92. The van der Waals surface area contributed by atoms with Crippen LogP contribution in [0.25, 0.3) is 0 Å². The summed E-state index contributed by atoms with van der Waals surface area (Å²) in [5, 5.41) is 23.3. The molecule has 0 spiro atoms. The fourth-order valence-corrected chi connectivity index (χ4v) is 3.01. The van der Waals surface area contributed by atoms with Gasteiger partial charge in [0.05, 0.1) is 0 Å². The van der Waals surface area contributed by atoms with E-state index in [1.165, 1.54) is 12.8 Å². The first-order valence-electron chi connectivity index (χ1n) is 7.52. The van der Waals surface area contributed by atoms with E-state index in [2.05, 4.69) is 5.32 Å². The summed E-state index contributed by atoms with van der Waals surface area (Å²) in [5.74, 6) is 0.657. The normalized spacial score (nSPS) is 18.6. The number of ether oxygens (including phenoxy) is 1. The van der Waals surface area contributed by atoms with Crippen molar-refractivity contribution in [3.63, 3.8) is 0 Å². The highest BCUT2D eigenvalue weighted by molar-refractivity contribution is 6.30. The Morgan fingerprint density at radius 2 is 2.10 bits per heavy atom. The summed E-state index contributed by atoms with van der Waals surface area (Å²) in [4.78, 5) is 0. The molecular formula is C16H24ClNO3. The molecule has 1 saturated carbocycles. The summed E-state index contributed by atoms with van der Waals surface area (Å²) in [6.07, 6.45) is 3.91. The summed E-state index contributed by atoms with van der Waals surface area (Å²) in [5.41, 5.74) is 0.00747. The molecule has 1 aliphatic carbocycles. The van der Waals surface area contributed by atoms with E-state index in [0.717, 1.165) is 19.4 Å². The zero-order chi connectivity index (χ0) is 15.1. The Morgan fingerprint density at radius 3 is 2.76 bits per heavy atom. The van der Waals surface area contributed by atoms with Crippen LogP contribution in [-0.2, 0) is 0 Å². The quantitative estimate of drug-likeness (QED) is 0.689. The highest BCUT2D eigenvalue weighted by atomic mass is 35.5. The maximum atomic E-state index is 9.93. The summed E-state index contributed by atoms with van der Waals surface area (Å²) in [6.45, 7) is 1.65. The first-order valence-corrected chi connectivity index (χ1v) is 7.89. The van der Waals surface area contributed by atoms with Gasteiger partial charge in [-0.2, -0.15) is 0 Å². The minimum Gasteiger partial charge on any atom is -0.491 e. The fourth-order valence-electron chi connectivity index (χ4n) is 2.83. The van der Waals surface area contributed by atoms with Crippen LogP contribution in [0.1, 0.15) is 25.7 Å². The van der Waals surface area contributed by atoms with Crippen LogP contribution in [0.5, 0.6) is 5.75 Å².